The van der Waals surface area contributed by atoms with Crippen LogP contribution in [0.25, 0.3) is 0 Å². The zero-order valence-corrected chi connectivity index (χ0v) is 13.9. The zero-order valence-electron chi connectivity index (χ0n) is 13.9. The minimum atomic E-state index is -0.609. The maximum atomic E-state index is 12.3. The molecule has 1 atom stereocenters. The van der Waals surface area contributed by atoms with Crippen molar-refractivity contribution < 1.29 is 19.0 Å². The molecule has 0 bridgehead atoms. The molecule has 0 saturated heterocycles. The van der Waals surface area contributed by atoms with Crippen LogP contribution in [0.2, 0.25) is 0 Å². The second-order valence-electron chi connectivity index (χ2n) is 5.78. The quantitative estimate of drug-likeness (QED) is 0.933. The van der Waals surface area contributed by atoms with Crippen LogP contribution in [-0.2, 0) is 4.79 Å². The molecule has 24 heavy (non-hydrogen) atoms. The minimum absolute atomic E-state index is 0.217. The summed E-state index contributed by atoms with van der Waals surface area (Å²) >= 11 is 0. The molecule has 0 aromatic heterocycles. The first kappa shape index (κ1) is 16.2. The summed E-state index contributed by atoms with van der Waals surface area (Å²) in [7, 11) is 0. The average molecular weight is 327 g/mol. The molecule has 1 heterocycles. The van der Waals surface area contributed by atoms with Gasteiger partial charge < -0.3 is 19.5 Å². The Labute approximate surface area is 141 Å². The number of benzene rings is 2. The van der Waals surface area contributed by atoms with E-state index in [0.29, 0.717) is 36.1 Å². The van der Waals surface area contributed by atoms with E-state index in [1.54, 1.807) is 19.1 Å². The van der Waals surface area contributed by atoms with E-state index in [2.05, 4.69) is 5.32 Å². The molecule has 0 spiro atoms. The highest BCUT2D eigenvalue weighted by atomic mass is 16.5. The molecule has 126 valence electrons. The number of hydrogen-bond donors (Lipinski definition) is 1. The molecular formula is C19H21NO4. The van der Waals surface area contributed by atoms with Crippen LogP contribution in [0.4, 0.5) is 5.69 Å². The molecular weight excluding hydrogens is 306 g/mol. The van der Waals surface area contributed by atoms with Crippen molar-refractivity contribution in [1.82, 2.24) is 0 Å². The molecule has 0 aliphatic carbocycles. The van der Waals surface area contributed by atoms with Gasteiger partial charge in [0.2, 0.25) is 0 Å². The van der Waals surface area contributed by atoms with Crippen LogP contribution in [-0.4, -0.2) is 25.2 Å². The fourth-order valence-corrected chi connectivity index (χ4v) is 2.43. The molecule has 0 saturated carbocycles. The number of aryl methyl sites for hydroxylation is 1. The Morgan fingerprint density at radius 2 is 1.92 bits per heavy atom. The average Bonchev–Trinajstić information content (AvgIpc) is 2.79. The number of fused-ring (bicyclic) bond motifs is 1. The van der Waals surface area contributed by atoms with Crippen LogP contribution < -0.4 is 19.5 Å². The molecule has 1 aliphatic heterocycles. The van der Waals surface area contributed by atoms with Gasteiger partial charge in [0.05, 0.1) is 13.2 Å². The third-order valence-electron chi connectivity index (χ3n) is 3.69. The van der Waals surface area contributed by atoms with Crippen molar-refractivity contribution in [2.24, 2.45) is 0 Å². The molecule has 5 nitrogen and oxygen atoms in total. The van der Waals surface area contributed by atoms with Crippen LogP contribution in [0.5, 0.6) is 17.2 Å². The van der Waals surface area contributed by atoms with E-state index in [-0.39, 0.29) is 5.91 Å². The number of hydrogen-bond acceptors (Lipinski definition) is 4. The molecule has 1 aliphatic rings. The third kappa shape index (κ3) is 3.98. The van der Waals surface area contributed by atoms with Gasteiger partial charge in [-0.3, -0.25) is 4.79 Å². The van der Waals surface area contributed by atoms with Crippen molar-refractivity contribution in [3.05, 3.63) is 48.0 Å². The summed E-state index contributed by atoms with van der Waals surface area (Å²) in [6, 6.07) is 13.0. The zero-order chi connectivity index (χ0) is 16.9. The highest BCUT2D eigenvalue weighted by Gasteiger charge is 2.17. The Morgan fingerprint density at radius 1 is 1.12 bits per heavy atom. The minimum Gasteiger partial charge on any atom is -0.490 e. The van der Waals surface area contributed by atoms with Gasteiger partial charge in [-0.25, -0.2) is 0 Å². The number of ether oxygens (including phenoxy) is 3. The van der Waals surface area contributed by atoms with Gasteiger partial charge in [0, 0.05) is 18.2 Å². The van der Waals surface area contributed by atoms with Gasteiger partial charge in [0.25, 0.3) is 5.91 Å². The Balaban J connectivity index is 1.64. The Kier molecular flexibility index (Phi) is 4.89. The predicted octanol–water partition coefficient (Wildman–Crippen LogP) is 3.56. The summed E-state index contributed by atoms with van der Waals surface area (Å²) in [6.45, 7) is 4.95. The summed E-state index contributed by atoms with van der Waals surface area (Å²) in [4.78, 5) is 12.3. The Morgan fingerprint density at radius 3 is 2.71 bits per heavy atom. The van der Waals surface area contributed by atoms with Crippen molar-refractivity contribution in [3.8, 4) is 17.2 Å². The van der Waals surface area contributed by atoms with Gasteiger partial charge in [-0.05, 0) is 43.7 Å². The van der Waals surface area contributed by atoms with Crippen LogP contribution in [0, 0.1) is 6.92 Å². The summed E-state index contributed by atoms with van der Waals surface area (Å²) < 4.78 is 16.9. The molecule has 1 N–H and O–H groups in total. The highest BCUT2D eigenvalue weighted by Crippen LogP contribution is 2.32. The lowest BCUT2D eigenvalue weighted by Crippen LogP contribution is -2.30. The summed E-state index contributed by atoms with van der Waals surface area (Å²) in [6.07, 6.45) is 0.236. The number of anilines is 1. The molecule has 0 unspecified atom stereocenters. The van der Waals surface area contributed by atoms with Crippen LogP contribution in [0.1, 0.15) is 18.9 Å². The first-order chi connectivity index (χ1) is 11.6. The Hall–Kier alpha value is -2.69. The summed E-state index contributed by atoms with van der Waals surface area (Å²) in [5.41, 5.74) is 1.74. The summed E-state index contributed by atoms with van der Waals surface area (Å²) in [5, 5.41) is 2.85. The van der Waals surface area contributed by atoms with E-state index >= 15 is 0 Å². The van der Waals surface area contributed by atoms with E-state index in [4.69, 9.17) is 14.2 Å². The number of nitrogens with one attached hydrogen (secondary N) is 1. The van der Waals surface area contributed by atoms with Gasteiger partial charge >= 0.3 is 0 Å². The van der Waals surface area contributed by atoms with E-state index < -0.39 is 6.10 Å². The highest BCUT2D eigenvalue weighted by molar-refractivity contribution is 5.94. The fraction of sp³-hybridized carbons (Fsp3) is 0.316. The molecule has 2 aromatic carbocycles. The van der Waals surface area contributed by atoms with Gasteiger partial charge in [-0.1, -0.05) is 12.1 Å². The lowest BCUT2D eigenvalue weighted by molar-refractivity contribution is -0.122. The monoisotopic (exact) mass is 327 g/mol. The maximum Gasteiger partial charge on any atom is 0.265 e. The van der Waals surface area contributed by atoms with Crippen molar-refractivity contribution in [2.75, 3.05) is 18.5 Å². The van der Waals surface area contributed by atoms with Gasteiger partial charge in [0.15, 0.2) is 17.6 Å². The van der Waals surface area contributed by atoms with Crippen molar-refractivity contribution in [1.29, 1.82) is 0 Å². The van der Waals surface area contributed by atoms with Gasteiger partial charge in [-0.2, -0.15) is 0 Å². The number of carbonyl (C=O) groups excluding carboxylic acids is 1. The molecule has 3 rings (SSSR count). The van der Waals surface area contributed by atoms with Crippen LogP contribution in [0.15, 0.2) is 42.5 Å². The molecule has 0 fully saturated rings. The predicted molar refractivity (Wildman–Crippen MR) is 91.9 cm³/mol. The molecule has 0 radical (unpaired) electrons. The first-order valence-electron chi connectivity index (χ1n) is 8.05. The second kappa shape index (κ2) is 7.25. The molecule has 1 amide bonds. The van der Waals surface area contributed by atoms with E-state index in [1.807, 2.05) is 37.3 Å². The van der Waals surface area contributed by atoms with Gasteiger partial charge in [-0.15, -0.1) is 0 Å². The van der Waals surface area contributed by atoms with Gasteiger partial charge in [0.1, 0.15) is 5.75 Å². The topological polar surface area (TPSA) is 56.8 Å². The standard InChI is InChI=1S/C19H21NO4/c1-13-5-3-6-16(11-13)24-14(2)19(21)20-15-7-8-17-18(12-15)23-10-4-9-22-17/h3,5-8,11-12,14H,4,9-10H2,1-2H3,(H,20,21)/t14-/m1/s1. The van der Waals surface area contributed by atoms with Crippen molar-refractivity contribution in [2.45, 2.75) is 26.4 Å². The van der Waals surface area contributed by atoms with Crippen LogP contribution in [0.3, 0.4) is 0 Å². The van der Waals surface area contributed by atoms with E-state index in [1.165, 1.54) is 0 Å². The van der Waals surface area contributed by atoms with Crippen molar-refractivity contribution >= 4 is 11.6 Å². The van der Waals surface area contributed by atoms with Crippen LogP contribution >= 0.6 is 0 Å². The lowest BCUT2D eigenvalue weighted by Gasteiger charge is -2.16. The number of rotatable bonds is 4. The van der Waals surface area contributed by atoms with E-state index in [9.17, 15) is 4.79 Å². The normalized spacial score (nSPS) is 14.4. The molecule has 2 aromatic rings. The number of amides is 1. The smallest absolute Gasteiger partial charge is 0.265 e. The lowest BCUT2D eigenvalue weighted by atomic mass is 10.2. The van der Waals surface area contributed by atoms with Crippen molar-refractivity contribution in [3.63, 3.8) is 0 Å². The fourth-order valence-electron chi connectivity index (χ4n) is 2.43. The second-order valence-corrected chi connectivity index (χ2v) is 5.78. The number of carbonyl (C=O) groups is 1. The SMILES string of the molecule is Cc1cccc(O[C@H](C)C(=O)Nc2ccc3c(c2)OCCCO3)c1. The molecule has 5 heteroatoms. The maximum absolute atomic E-state index is 12.3. The largest absolute Gasteiger partial charge is 0.490 e. The summed E-state index contributed by atoms with van der Waals surface area (Å²) in [5.74, 6) is 1.81. The third-order valence-corrected chi connectivity index (χ3v) is 3.69. The van der Waals surface area contributed by atoms with E-state index in [0.717, 1.165) is 12.0 Å². The first-order valence-corrected chi connectivity index (χ1v) is 8.05. The Bertz CT molecular complexity index is 729.